The second kappa shape index (κ2) is 8.45. The molecule has 1 aromatic heterocycles. The topological polar surface area (TPSA) is 59.6 Å². The monoisotopic (exact) mass is 342 g/mol. The summed E-state index contributed by atoms with van der Waals surface area (Å²) in [6.07, 6.45) is 5.13. The van der Waals surface area contributed by atoms with E-state index in [2.05, 4.69) is 10.6 Å². The number of nitrogens with one attached hydrogen (secondary N) is 2. The minimum atomic E-state index is -0.288. The highest BCUT2D eigenvalue weighted by atomic mass is 32.1. The molecule has 0 radical (unpaired) electrons. The molecule has 122 valence electrons. The van der Waals surface area contributed by atoms with Crippen LogP contribution in [0.1, 0.15) is 40.1 Å². The molecular formula is C15H22N2O3S2. The van der Waals surface area contributed by atoms with Gasteiger partial charge in [-0.15, -0.1) is 11.3 Å². The van der Waals surface area contributed by atoms with E-state index >= 15 is 0 Å². The molecule has 0 fully saturated rings. The molecule has 0 atom stereocenters. The Kier molecular flexibility index (Phi) is 6.60. The molecule has 0 aliphatic heterocycles. The molecule has 1 heterocycles. The van der Waals surface area contributed by atoms with E-state index in [0.717, 1.165) is 42.8 Å². The number of fused-ring (bicyclic) bond motifs is 1. The van der Waals surface area contributed by atoms with Crippen LogP contribution in [0, 0.1) is 0 Å². The van der Waals surface area contributed by atoms with E-state index in [-0.39, 0.29) is 5.97 Å². The molecule has 0 unspecified atom stereocenters. The van der Waals surface area contributed by atoms with Gasteiger partial charge in [0.2, 0.25) is 0 Å². The van der Waals surface area contributed by atoms with Gasteiger partial charge in [0.05, 0.1) is 12.7 Å². The highest BCUT2D eigenvalue weighted by Crippen LogP contribution is 2.38. The fraction of sp³-hybridized carbons (Fsp3) is 0.600. The third-order valence-electron chi connectivity index (χ3n) is 3.60. The summed E-state index contributed by atoms with van der Waals surface area (Å²) in [6, 6.07) is 0. The summed E-state index contributed by atoms with van der Waals surface area (Å²) in [5, 5.41) is 7.60. The van der Waals surface area contributed by atoms with Gasteiger partial charge in [-0.25, -0.2) is 4.79 Å². The third kappa shape index (κ3) is 4.18. The number of aryl methyl sites for hydroxylation is 1. The van der Waals surface area contributed by atoms with E-state index in [1.165, 1.54) is 18.4 Å². The Bertz CT molecular complexity index is 543. The van der Waals surface area contributed by atoms with Crippen molar-refractivity contribution in [2.75, 3.05) is 32.7 Å². The largest absolute Gasteiger partial charge is 0.465 e. The zero-order valence-corrected chi connectivity index (χ0v) is 14.6. The molecular weight excluding hydrogens is 320 g/mol. The molecule has 0 saturated heterocycles. The average molecular weight is 342 g/mol. The summed E-state index contributed by atoms with van der Waals surface area (Å²) >= 11 is 6.91. The molecule has 2 rings (SSSR count). The molecule has 0 aromatic carbocycles. The van der Waals surface area contributed by atoms with Crippen molar-refractivity contribution in [2.24, 2.45) is 0 Å². The van der Waals surface area contributed by atoms with Crippen molar-refractivity contribution >= 4 is 39.6 Å². The lowest BCUT2D eigenvalue weighted by atomic mass is 9.95. The van der Waals surface area contributed by atoms with Crippen molar-refractivity contribution in [1.82, 2.24) is 5.32 Å². The Labute approximate surface area is 140 Å². The second-order valence-corrected chi connectivity index (χ2v) is 6.65. The molecule has 22 heavy (non-hydrogen) atoms. The molecule has 1 aliphatic rings. The molecule has 5 nitrogen and oxygen atoms in total. The fourth-order valence-electron chi connectivity index (χ4n) is 2.54. The number of hydrogen-bond acceptors (Lipinski definition) is 5. The average Bonchev–Trinajstić information content (AvgIpc) is 2.88. The molecule has 0 spiro atoms. The van der Waals surface area contributed by atoms with Gasteiger partial charge in [-0.05, 0) is 49.9 Å². The van der Waals surface area contributed by atoms with Crippen LogP contribution in [0.15, 0.2) is 0 Å². The van der Waals surface area contributed by atoms with E-state index in [0.29, 0.717) is 17.3 Å². The number of thiophene rings is 1. The summed E-state index contributed by atoms with van der Waals surface area (Å²) in [5.41, 5.74) is 1.79. The fourth-order valence-corrected chi connectivity index (χ4v) is 4.09. The summed E-state index contributed by atoms with van der Waals surface area (Å²) < 4.78 is 9.94. The predicted molar refractivity (Wildman–Crippen MR) is 93.0 cm³/mol. The van der Waals surface area contributed by atoms with Gasteiger partial charge in [-0.1, -0.05) is 0 Å². The third-order valence-corrected chi connectivity index (χ3v) is 5.05. The SMILES string of the molecule is COCCCNC(=S)Nc1sc2c(c1C(=O)OC)CCCC2. The highest BCUT2D eigenvalue weighted by Gasteiger charge is 2.26. The number of anilines is 1. The van der Waals surface area contributed by atoms with Gasteiger partial charge < -0.3 is 20.1 Å². The van der Waals surface area contributed by atoms with Crippen LogP contribution in [0.5, 0.6) is 0 Å². The van der Waals surface area contributed by atoms with Crippen LogP contribution in [0.25, 0.3) is 0 Å². The van der Waals surface area contributed by atoms with Crippen molar-refractivity contribution in [2.45, 2.75) is 32.1 Å². The zero-order chi connectivity index (χ0) is 15.9. The van der Waals surface area contributed by atoms with Gasteiger partial charge in [0.15, 0.2) is 5.11 Å². The van der Waals surface area contributed by atoms with Crippen LogP contribution < -0.4 is 10.6 Å². The molecule has 0 bridgehead atoms. The van der Waals surface area contributed by atoms with Crippen LogP contribution in [0.4, 0.5) is 5.00 Å². The van der Waals surface area contributed by atoms with E-state index in [1.54, 1.807) is 18.4 Å². The van der Waals surface area contributed by atoms with Crippen molar-refractivity contribution < 1.29 is 14.3 Å². The van der Waals surface area contributed by atoms with E-state index in [4.69, 9.17) is 21.7 Å². The number of rotatable bonds is 6. The maximum absolute atomic E-state index is 12.1. The summed E-state index contributed by atoms with van der Waals surface area (Å²) in [7, 11) is 3.09. The highest BCUT2D eigenvalue weighted by molar-refractivity contribution is 7.80. The van der Waals surface area contributed by atoms with Crippen molar-refractivity contribution in [3.8, 4) is 0 Å². The van der Waals surface area contributed by atoms with Crippen molar-refractivity contribution in [1.29, 1.82) is 0 Å². The first-order valence-corrected chi connectivity index (χ1v) is 8.66. The van der Waals surface area contributed by atoms with Crippen molar-refractivity contribution in [3.63, 3.8) is 0 Å². The maximum Gasteiger partial charge on any atom is 0.341 e. The van der Waals surface area contributed by atoms with Crippen LogP contribution in [0.3, 0.4) is 0 Å². The molecule has 0 amide bonds. The number of esters is 1. The van der Waals surface area contributed by atoms with Gasteiger partial charge in [-0.3, -0.25) is 0 Å². The lowest BCUT2D eigenvalue weighted by molar-refractivity contribution is 0.0601. The predicted octanol–water partition coefficient (Wildman–Crippen LogP) is 2.74. The maximum atomic E-state index is 12.1. The summed E-state index contributed by atoms with van der Waals surface area (Å²) in [5.74, 6) is -0.288. The quantitative estimate of drug-likeness (QED) is 0.471. The number of methoxy groups -OCH3 is 2. The first kappa shape index (κ1) is 17.2. The van der Waals surface area contributed by atoms with Crippen LogP contribution in [-0.2, 0) is 22.3 Å². The normalized spacial score (nSPS) is 13.4. The Morgan fingerprint density at radius 3 is 2.82 bits per heavy atom. The van der Waals surface area contributed by atoms with Crippen LogP contribution >= 0.6 is 23.6 Å². The lowest BCUT2D eigenvalue weighted by Crippen LogP contribution is -2.30. The Hall–Kier alpha value is -1.18. The van der Waals surface area contributed by atoms with Gasteiger partial charge in [0.1, 0.15) is 5.00 Å². The summed E-state index contributed by atoms with van der Waals surface area (Å²) in [4.78, 5) is 13.4. The van der Waals surface area contributed by atoms with E-state index < -0.39 is 0 Å². The molecule has 2 N–H and O–H groups in total. The van der Waals surface area contributed by atoms with Gasteiger partial charge in [0, 0.05) is 25.1 Å². The minimum Gasteiger partial charge on any atom is -0.465 e. The number of carbonyl (C=O) groups is 1. The van der Waals surface area contributed by atoms with Gasteiger partial charge in [0.25, 0.3) is 0 Å². The number of thiocarbonyl (C=S) groups is 1. The van der Waals surface area contributed by atoms with E-state index in [1.807, 2.05) is 0 Å². The molecule has 7 heteroatoms. The van der Waals surface area contributed by atoms with Gasteiger partial charge >= 0.3 is 5.97 Å². The smallest absolute Gasteiger partial charge is 0.341 e. The van der Waals surface area contributed by atoms with Gasteiger partial charge in [-0.2, -0.15) is 0 Å². The standard InChI is InChI=1S/C15H22N2O3S2/c1-19-9-5-8-16-15(21)17-13-12(14(18)20-2)10-6-3-4-7-11(10)22-13/h3-9H2,1-2H3,(H2,16,17,21). The lowest BCUT2D eigenvalue weighted by Gasteiger charge is -2.12. The van der Waals surface area contributed by atoms with Crippen LogP contribution in [-0.4, -0.2) is 38.5 Å². The Balaban J connectivity index is 2.08. The molecule has 0 saturated carbocycles. The van der Waals surface area contributed by atoms with E-state index in [9.17, 15) is 4.79 Å². The first-order valence-electron chi connectivity index (χ1n) is 7.44. The summed E-state index contributed by atoms with van der Waals surface area (Å²) in [6.45, 7) is 1.43. The van der Waals surface area contributed by atoms with Crippen LogP contribution in [0.2, 0.25) is 0 Å². The number of hydrogen-bond donors (Lipinski definition) is 2. The Morgan fingerprint density at radius 1 is 1.32 bits per heavy atom. The zero-order valence-electron chi connectivity index (χ0n) is 13.0. The molecule has 1 aromatic rings. The second-order valence-electron chi connectivity index (χ2n) is 5.13. The number of carbonyl (C=O) groups excluding carboxylic acids is 1. The molecule has 1 aliphatic carbocycles. The minimum absolute atomic E-state index is 0.288. The van der Waals surface area contributed by atoms with Crippen molar-refractivity contribution in [3.05, 3.63) is 16.0 Å². The number of ether oxygens (including phenoxy) is 2. The Morgan fingerprint density at radius 2 is 2.09 bits per heavy atom. The first-order chi connectivity index (χ1) is 10.7.